The van der Waals surface area contributed by atoms with Gasteiger partial charge in [-0.05, 0) is 43.0 Å². The van der Waals surface area contributed by atoms with Crippen LogP contribution in [0, 0.1) is 0 Å². The second kappa shape index (κ2) is 12.2. The van der Waals surface area contributed by atoms with E-state index in [2.05, 4.69) is 5.32 Å². The van der Waals surface area contributed by atoms with Crippen molar-refractivity contribution in [2.75, 3.05) is 0 Å². The predicted molar refractivity (Wildman–Crippen MR) is 134 cm³/mol. The Morgan fingerprint density at radius 2 is 1.42 bits per heavy atom. The third kappa shape index (κ3) is 7.47. The molecule has 4 nitrogen and oxygen atoms in total. The van der Waals surface area contributed by atoms with Crippen molar-refractivity contribution in [2.45, 2.75) is 51.7 Å². The standard InChI is InChI=1S/C28H31ClN2O2/c1-21(2)30-28(33)26(19-23-13-7-4-8-14-23)31(20-24-15-9-10-16-25(24)29)27(32)18-17-22-11-5-3-6-12-22/h3-16,21,26H,17-20H2,1-2H3,(H,30,33). The Hall–Kier alpha value is -3.11. The van der Waals surface area contributed by atoms with Crippen molar-refractivity contribution < 1.29 is 9.59 Å². The zero-order valence-corrected chi connectivity index (χ0v) is 20.0. The van der Waals surface area contributed by atoms with Gasteiger partial charge in [0, 0.05) is 30.5 Å². The molecule has 0 heterocycles. The monoisotopic (exact) mass is 462 g/mol. The van der Waals surface area contributed by atoms with Crippen molar-refractivity contribution in [1.29, 1.82) is 0 Å². The molecule has 0 aliphatic carbocycles. The highest BCUT2D eigenvalue weighted by Crippen LogP contribution is 2.21. The van der Waals surface area contributed by atoms with E-state index >= 15 is 0 Å². The Morgan fingerprint density at radius 3 is 2.03 bits per heavy atom. The summed E-state index contributed by atoms with van der Waals surface area (Å²) >= 11 is 6.44. The summed E-state index contributed by atoms with van der Waals surface area (Å²) < 4.78 is 0. The maximum atomic E-state index is 13.6. The second-order valence-electron chi connectivity index (χ2n) is 8.47. The van der Waals surface area contributed by atoms with Crippen molar-refractivity contribution in [3.8, 4) is 0 Å². The summed E-state index contributed by atoms with van der Waals surface area (Å²) in [5, 5.41) is 3.59. The number of carbonyl (C=O) groups excluding carboxylic acids is 2. The molecule has 1 unspecified atom stereocenters. The number of benzene rings is 3. The van der Waals surface area contributed by atoms with Gasteiger partial charge in [-0.2, -0.15) is 0 Å². The second-order valence-corrected chi connectivity index (χ2v) is 8.87. The normalized spacial score (nSPS) is 11.8. The summed E-state index contributed by atoms with van der Waals surface area (Å²) in [6, 6.07) is 26.5. The summed E-state index contributed by atoms with van der Waals surface area (Å²) in [5.74, 6) is -0.229. The van der Waals surface area contributed by atoms with Gasteiger partial charge >= 0.3 is 0 Å². The highest BCUT2D eigenvalue weighted by atomic mass is 35.5. The van der Waals surface area contributed by atoms with Gasteiger partial charge in [-0.15, -0.1) is 0 Å². The summed E-state index contributed by atoms with van der Waals surface area (Å²) in [5.41, 5.74) is 2.92. The molecule has 3 rings (SSSR count). The van der Waals surface area contributed by atoms with Crippen LogP contribution in [-0.4, -0.2) is 28.8 Å². The molecule has 0 spiro atoms. The maximum Gasteiger partial charge on any atom is 0.243 e. The Morgan fingerprint density at radius 1 is 0.848 bits per heavy atom. The third-order valence-electron chi connectivity index (χ3n) is 5.47. The van der Waals surface area contributed by atoms with E-state index in [4.69, 9.17) is 11.6 Å². The van der Waals surface area contributed by atoms with Crippen LogP contribution in [0.5, 0.6) is 0 Å². The molecule has 2 amide bonds. The number of aryl methyl sites for hydroxylation is 1. The van der Waals surface area contributed by atoms with Gasteiger partial charge in [-0.3, -0.25) is 9.59 Å². The molecule has 0 saturated carbocycles. The van der Waals surface area contributed by atoms with Crippen LogP contribution in [-0.2, 0) is 29.0 Å². The van der Waals surface area contributed by atoms with E-state index in [1.54, 1.807) is 4.90 Å². The lowest BCUT2D eigenvalue weighted by Gasteiger charge is -2.32. The van der Waals surface area contributed by atoms with Gasteiger partial charge in [0.15, 0.2) is 0 Å². The lowest BCUT2D eigenvalue weighted by Crippen LogP contribution is -2.51. The van der Waals surface area contributed by atoms with E-state index in [1.165, 1.54) is 0 Å². The number of amides is 2. The van der Waals surface area contributed by atoms with Crippen LogP contribution in [0.25, 0.3) is 0 Å². The van der Waals surface area contributed by atoms with Crippen molar-refractivity contribution in [3.63, 3.8) is 0 Å². The number of halogens is 1. The zero-order chi connectivity index (χ0) is 23.6. The molecule has 3 aromatic rings. The first-order valence-corrected chi connectivity index (χ1v) is 11.7. The van der Waals surface area contributed by atoms with Gasteiger partial charge in [0.05, 0.1) is 0 Å². The predicted octanol–water partition coefficient (Wildman–Crippen LogP) is 5.44. The molecule has 0 fully saturated rings. The molecular weight excluding hydrogens is 432 g/mol. The Labute approximate surface area is 201 Å². The van der Waals surface area contributed by atoms with Crippen LogP contribution in [0.1, 0.15) is 37.0 Å². The van der Waals surface area contributed by atoms with Gasteiger partial charge in [-0.1, -0.05) is 90.5 Å². The lowest BCUT2D eigenvalue weighted by molar-refractivity contribution is -0.141. The molecule has 0 bridgehead atoms. The first-order chi connectivity index (χ1) is 15.9. The highest BCUT2D eigenvalue weighted by Gasteiger charge is 2.30. The molecule has 172 valence electrons. The molecule has 3 aromatic carbocycles. The van der Waals surface area contributed by atoms with E-state index in [0.29, 0.717) is 24.3 Å². The fourth-order valence-electron chi connectivity index (χ4n) is 3.78. The first-order valence-electron chi connectivity index (χ1n) is 11.3. The molecule has 5 heteroatoms. The number of rotatable bonds is 10. The van der Waals surface area contributed by atoms with E-state index in [0.717, 1.165) is 16.7 Å². The quantitative estimate of drug-likeness (QED) is 0.436. The van der Waals surface area contributed by atoms with Crippen molar-refractivity contribution in [3.05, 3.63) is 107 Å². The molecule has 33 heavy (non-hydrogen) atoms. The summed E-state index contributed by atoms with van der Waals surface area (Å²) in [4.78, 5) is 28.6. The minimum absolute atomic E-state index is 0.0302. The molecular formula is C28H31ClN2O2. The molecule has 0 aliphatic heterocycles. The Kier molecular flexibility index (Phi) is 9.08. The molecule has 0 aliphatic rings. The van der Waals surface area contributed by atoms with Gasteiger partial charge in [-0.25, -0.2) is 0 Å². The van der Waals surface area contributed by atoms with Crippen LogP contribution >= 0.6 is 11.6 Å². The topological polar surface area (TPSA) is 49.4 Å². The van der Waals surface area contributed by atoms with Crippen molar-refractivity contribution >= 4 is 23.4 Å². The fourth-order valence-corrected chi connectivity index (χ4v) is 3.98. The average molecular weight is 463 g/mol. The summed E-state index contributed by atoms with van der Waals surface area (Å²) in [6.45, 7) is 4.12. The van der Waals surface area contributed by atoms with Crippen LogP contribution in [0.3, 0.4) is 0 Å². The average Bonchev–Trinajstić information content (AvgIpc) is 2.81. The first kappa shape index (κ1) is 24.5. The van der Waals surface area contributed by atoms with Crippen molar-refractivity contribution in [1.82, 2.24) is 10.2 Å². The SMILES string of the molecule is CC(C)NC(=O)C(Cc1ccccc1)N(Cc1ccccc1Cl)C(=O)CCc1ccccc1. The Balaban J connectivity index is 1.91. The van der Waals surface area contributed by atoms with Crippen LogP contribution in [0.4, 0.5) is 0 Å². The smallest absolute Gasteiger partial charge is 0.243 e. The minimum Gasteiger partial charge on any atom is -0.352 e. The Bertz CT molecular complexity index is 1040. The third-order valence-corrected chi connectivity index (χ3v) is 5.84. The maximum absolute atomic E-state index is 13.6. The highest BCUT2D eigenvalue weighted by molar-refractivity contribution is 6.31. The van der Waals surface area contributed by atoms with E-state index in [1.807, 2.05) is 98.8 Å². The van der Waals surface area contributed by atoms with Gasteiger partial charge in [0.1, 0.15) is 6.04 Å². The van der Waals surface area contributed by atoms with Crippen LogP contribution in [0.15, 0.2) is 84.9 Å². The van der Waals surface area contributed by atoms with Crippen LogP contribution in [0.2, 0.25) is 5.02 Å². The summed E-state index contributed by atoms with van der Waals surface area (Å²) in [7, 11) is 0. The number of nitrogens with one attached hydrogen (secondary N) is 1. The van der Waals surface area contributed by atoms with Gasteiger partial charge in [0.2, 0.25) is 11.8 Å². The zero-order valence-electron chi connectivity index (χ0n) is 19.2. The largest absolute Gasteiger partial charge is 0.352 e. The number of hydrogen-bond donors (Lipinski definition) is 1. The van der Waals surface area contributed by atoms with E-state index in [9.17, 15) is 9.59 Å². The summed E-state index contributed by atoms with van der Waals surface area (Å²) in [6.07, 6.45) is 1.36. The molecule has 1 N–H and O–H groups in total. The fraction of sp³-hybridized carbons (Fsp3) is 0.286. The van der Waals surface area contributed by atoms with Crippen molar-refractivity contribution in [2.24, 2.45) is 0 Å². The molecule has 0 radical (unpaired) electrons. The van der Waals surface area contributed by atoms with Gasteiger partial charge in [0.25, 0.3) is 0 Å². The molecule has 0 saturated heterocycles. The van der Waals surface area contributed by atoms with Gasteiger partial charge < -0.3 is 10.2 Å². The van der Waals surface area contributed by atoms with E-state index < -0.39 is 6.04 Å². The number of carbonyl (C=O) groups is 2. The minimum atomic E-state index is -0.644. The number of hydrogen-bond acceptors (Lipinski definition) is 2. The number of nitrogens with zero attached hydrogens (tertiary/aromatic N) is 1. The van der Waals surface area contributed by atoms with E-state index in [-0.39, 0.29) is 24.4 Å². The lowest BCUT2D eigenvalue weighted by atomic mass is 10.0. The van der Waals surface area contributed by atoms with Crippen LogP contribution < -0.4 is 5.32 Å². The molecule has 1 atom stereocenters. The molecule has 0 aromatic heterocycles.